The van der Waals surface area contributed by atoms with Crippen molar-refractivity contribution < 1.29 is 0 Å². The van der Waals surface area contributed by atoms with Gasteiger partial charge in [-0.1, -0.05) is 13.3 Å². The van der Waals surface area contributed by atoms with Gasteiger partial charge in [0.1, 0.15) is 0 Å². The number of imidazole rings is 1. The van der Waals surface area contributed by atoms with Crippen LogP contribution in [0.3, 0.4) is 0 Å². The summed E-state index contributed by atoms with van der Waals surface area (Å²) in [5.74, 6) is 0.651. The zero-order valence-electron chi connectivity index (χ0n) is 7.29. The van der Waals surface area contributed by atoms with Gasteiger partial charge >= 0.3 is 5.69 Å². The zero-order chi connectivity index (χ0) is 8.55. The van der Waals surface area contributed by atoms with Gasteiger partial charge in [-0.3, -0.25) is 4.57 Å². The summed E-state index contributed by atoms with van der Waals surface area (Å²) in [5.41, 5.74) is 0.0359. The SMILES string of the molecule is CC1CCCC1n1cc[nH]c1=O. The number of nitrogens with one attached hydrogen (secondary N) is 1. The fraction of sp³-hybridized carbons (Fsp3) is 0.667. The number of H-pyrrole nitrogens is 1. The van der Waals surface area contributed by atoms with E-state index in [9.17, 15) is 4.79 Å². The third-order valence-electron chi connectivity index (χ3n) is 2.85. The number of nitrogens with zero attached hydrogens (tertiary/aromatic N) is 1. The minimum absolute atomic E-state index is 0.0359. The maximum Gasteiger partial charge on any atom is 0.325 e. The van der Waals surface area contributed by atoms with Crippen molar-refractivity contribution in [1.29, 1.82) is 0 Å². The lowest BCUT2D eigenvalue weighted by molar-refractivity contribution is 0.399. The van der Waals surface area contributed by atoms with E-state index in [0.29, 0.717) is 12.0 Å². The number of aromatic amines is 1. The third-order valence-corrected chi connectivity index (χ3v) is 2.85. The summed E-state index contributed by atoms with van der Waals surface area (Å²) in [6.07, 6.45) is 7.23. The van der Waals surface area contributed by atoms with Gasteiger partial charge in [0.05, 0.1) is 0 Å². The molecule has 1 saturated carbocycles. The summed E-state index contributed by atoms with van der Waals surface area (Å²) < 4.78 is 1.83. The van der Waals surface area contributed by atoms with Crippen LogP contribution in [0.4, 0.5) is 0 Å². The van der Waals surface area contributed by atoms with Crippen molar-refractivity contribution in [3.63, 3.8) is 0 Å². The van der Waals surface area contributed by atoms with Gasteiger partial charge in [-0.25, -0.2) is 4.79 Å². The highest BCUT2D eigenvalue weighted by Gasteiger charge is 2.25. The molecule has 1 aromatic rings. The predicted octanol–water partition coefficient (Wildman–Crippen LogP) is 1.54. The largest absolute Gasteiger partial charge is 0.325 e. The highest BCUT2D eigenvalue weighted by atomic mass is 16.1. The molecule has 1 N–H and O–H groups in total. The standard InChI is InChI=1S/C9H14N2O/c1-7-3-2-4-8(7)11-6-5-10-9(11)12/h5-8H,2-4H2,1H3,(H,10,12). The van der Waals surface area contributed by atoms with Crippen molar-refractivity contribution in [2.75, 3.05) is 0 Å². The molecular formula is C9H14N2O. The second kappa shape index (κ2) is 2.81. The maximum absolute atomic E-state index is 11.3. The van der Waals surface area contributed by atoms with Crippen LogP contribution in [0.15, 0.2) is 17.2 Å². The molecule has 1 fully saturated rings. The lowest BCUT2D eigenvalue weighted by atomic mass is 10.1. The maximum atomic E-state index is 11.3. The minimum Gasteiger partial charge on any atom is -0.313 e. The number of aromatic nitrogens is 2. The molecule has 3 nitrogen and oxygen atoms in total. The fourth-order valence-electron chi connectivity index (χ4n) is 2.13. The van der Waals surface area contributed by atoms with Crippen LogP contribution < -0.4 is 5.69 Å². The van der Waals surface area contributed by atoms with Gasteiger partial charge in [0.2, 0.25) is 0 Å². The Morgan fingerprint density at radius 3 is 2.92 bits per heavy atom. The quantitative estimate of drug-likeness (QED) is 0.675. The van der Waals surface area contributed by atoms with E-state index in [0.717, 1.165) is 6.42 Å². The normalized spacial score (nSPS) is 29.4. The lowest BCUT2D eigenvalue weighted by Crippen LogP contribution is -2.23. The number of rotatable bonds is 1. The molecule has 3 heteroatoms. The van der Waals surface area contributed by atoms with E-state index in [1.54, 1.807) is 6.20 Å². The average molecular weight is 166 g/mol. The molecule has 1 aliphatic carbocycles. The van der Waals surface area contributed by atoms with Gasteiger partial charge in [0.15, 0.2) is 0 Å². The van der Waals surface area contributed by atoms with Gasteiger partial charge < -0.3 is 4.98 Å². The molecule has 0 radical (unpaired) electrons. The Balaban J connectivity index is 2.30. The van der Waals surface area contributed by atoms with Gasteiger partial charge in [0.25, 0.3) is 0 Å². The van der Waals surface area contributed by atoms with Gasteiger partial charge in [0, 0.05) is 18.4 Å². The van der Waals surface area contributed by atoms with E-state index in [4.69, 9.17) is 0 Å². The van der Waals surface area contributed by atoms with Crippen LogP contribution in [-0.4, -0.2) is 9.55 Å². The molecule has 0 aromatic carbocycles. The van der Waals surface area contributed by atoms with Gasteiger partial charge in [-0.15, -0.1) is 0 Å². The van der Waals surface area contributed by atoms with Crippen LogP contribution in [0, 0.1) is 5.92 Å². The van der Waals surface area contributed by atoms with E-state index in [2.05, 4.69) is 11.9 Å². The first-order valence-corrected chi connectivity index (χ1v) is 4.54. The van der Waals surface area contributed by atoms with Crippen LogP contribution in [0.2, 0.25) is 0 Å². The van der Waals surface area contributed by atoms with Crippen LogP contribution in [0.25, 0.3) is 0 Å². The smallest absolute Gasteiger partial charge is 0.313 e. The molecule has 2 rings (SSSR count). The molecule has 1 aromatic heterocycles. The highest BCUT2D eigenvalue weighted by Crippen LogP contribution is 2.33. The van der Waals surface area contributed by atoms with E-state index in [1.807, 2.05) is 10.8 Å². The van der Waals surface area contributed by atoms with Crippen LogP contribution in [-0.2, 0) is 0 Å². The Labute approximate surface area is 71.4 Å². The molecule has 0 amide bonds. The highest BCUT2D eigenvalue weighted by molar-refractivity contribution is 4.87. The lowest BCUT2D eigenvalue weighted by Gasteiger charge is -2.15. The molecule has 2 atom stereocenters. The second-order valence-electron chi connectivity index (χ2n) is 3.65. The minimum atomic E-state index is 0.0359. The number of hydrogen-bond donors (Lipinski definition) is 1. The fourth-order valence-corrected chi connectivity index (χ4v) is 2.13. The Morgan fingerprint density at radius 1 is 1.58 bits per heavy atom. The molecule has 0 aliphatic heterocycles. The molecular weight excluding hydrogens is 152 g/mol. The summed E-state index contributed by atoms with van der Waals surface area (Å²) >= 11 is 0. The molecule has 1 heterocycles. The summed E-state index contributed by atoms with van der Waals surface area (Å²) in [7, 11) is 0. The Morgan fingerprint density at radius 2 is 2.42 bits per heavy atom. The first-order chi connectivity index (χ1) is 5.79. The van der Waals surface area contributed by atoms with Gasteiger partial charge in [-0.05, 0) is 18.8 Å². The monoisotopic (exact) mass is 166 g/mol. The van der Waals surface area contributed by atoms with Crippen LogP contribution in [0.5, 0.6) is 0 Å². The first-order valence-electron chi connectivity index (χ1n) is 4.54. The Kier molecular flexibility index (Phi) is 1.79. The summed E-state index contributed by atoms with van der Waals surface area (Å²) in [6.45, 7) is 2.22. The molecule has 66 valence electrons. The molecule has 12 heavy (non-hydrogen) atoms. The molecule has 2 unspecified atom stereocenters. The molecule has 1 aliphatic rings. The summed E-state index contributed by atoms with van der Waals surface area (Å²) in [6, 6.07) is 0.434. The third kappa shape index (κ3) is 1.09. The molecule has 0 spiro atoms. The van der Waals surface area contributed by atoms with Crippen molar-refractivity contribution in [3.05, 3.63) is 22.9 Å². The topological polar surface area (TPSA) is 37.8 Å². The van der Waals surface area contributed by atoms with E-state index < -0.39 is 0 Å². The van der Waals surface area contributed by atoms with E-state index >= 15 is 0 Å². The number of hydrogen-bond acceptors (Lipinski definition) is 1. The zero-order valence-corrected chi connectivity index (χ0v) is 7.29. The summed E-state index contributed by atoms with van der Waals surface area (Å²) in [5, 5.41) is 0. The summed E-state index contributed by atoms with van der Waals surface area (Å²) in [4.78, 5) is 13.9. The van der Waals surface area contributed by atoms with Crippen LogP contribution in [0.1, 0.15) is 32.2 Å². The Bertz CT molecular complexity index is 312. The van der Waals surface area contributed by atoms with Gasteiger partial charge in [-0.2, -0.15) is 0 Å². The van der Waals surface area contributed by atoms with Crippen molar-refractivity contribution in [1.82, 2.24) is 9.55 Å². The molecule has 0 bridgehead atoms. The Hall–Kier alpha value is -0.990. The first kappa shape index (κ1) is 7.65. The van der Waals surface area contributed by atoms with Crippen molar-refractivity contribution >= 4 is 0 Å². The van der Waals surface area contributed by atoms with E-state index in [1.165, 1.54) is 12.8 Å². The predicted molar refractivity (Wildman–Crippen MR) is 47.1 cm³/mol. The van der Waals surface area contributed by atoms with Crippen molar-refractivity contribution in [2.24, 2.45) is 5.92 Å². The second-order valence-corrected chi connectivity index (χ2v) is 3.65. The van der Waals surface area contributed by atoms with Crippen molar-refractivity contribution in [3.8, 4) is 0 Å². The van der Waals surface area contributed by atoms with Crippen molar-refractivity contribution in [2.45, 2.75) is 32.2 Å². The van der Waals surface area contributed by atoms with Crippen LogP contribution >= 0.6 is 0 Å². The average Bonchev–Trinajstić information content (AvgIpc) is 2.59. The molecule has 0 saturated heterocycles. The van der Waals surface area contributed by atoms with E-state index in [-0.39, 0.29) is 5.69 Å².